The summed E-state index contributed by atoms with van der Waals surface area (Å²) in [4.78, 5) is 0. The van der Waals surface area contributed by atoms with Crippen LogP contribution in [-0.2, 0) is 10.1 Å². The van der Waals surface area contributed by atoms with E-state index in [9.17, 15) is 0 Å². The van der Waals surface area contributed by atoms with Crippen molar-refractivity contribution in [2.45, 2.75) is 30.9 Å². The minimum Gasteiger partial charge on any atom is -0.333 e. The van der Waals surface area contributed by atoms with Crippen molar-refractivity contribution < 1.29 is 4.52 Å². The molecule has 1 saturated carbocycles. The van der Waals surface area contributed by atoms with Crippen molar-refractivity contribution in [2.75, 3.05) is 6.54 Å². The van der Waals surface area contributed by atoms with Crippen molar-refractivity contribution >= 4 is 8.96 Å². The standard InChI is InChI=1S/C13H16NOP/c1-12(10-5-3-2-4-6-10)13-9-11(13)7-8-14(13)16-15-12/h2-6,11,16H,7-9H2,1H3/t11?,12-,13?/m1/s1. The van der Waals surface area contributed by atoms with Crippen molar-refractivity contribution in [3.05, 3.63) is 35.9 Å². The van der Waals surface area contributed by atoms with E-state index in [0.29, 0.717) is 14.5 Å². The molecular formula is C13H16NOP. The zero-order valence-electron chi connectivity index (χ0n) is 9.44. The van der Waals surface area contributed by atoms with Crippen molar-refractivity contribution in [2.24, 2.45) is 5.92 Å². The van der Waals surface area contributed by atoms with Crippen LogP contribution < -0.4 is 0 Å². The van der Waals surface area contributed by atoms with Crippen molar-refractivity contribution in [1.29, 1.82) is 0 Å². The van der Waals surface area contributed by atoms with Crippen LogP contribution >= 0.6 is 8.96 Å². The van der Waals surface area contributed by atoms with Gasteiger partial charge in [0.25, 0.3) is 0 Å². The first-order valence-electron chi connectivity index (χ1n) is 6.04. The molecule has 3 fully saturated rings. The van der Waals surface area contributed by atoms with Crippen LogP contribution in [-0.4, -0.2) is 16.8 Å². The summed E-state index contributed by atoms with van der Waals surface area (Å²) in [5.74, 6) is 0.882. The Kier molecular flexibility index (Phi) is 1.72. The fourth-order valence-corrected chi connectivity index (χ4v) is 5.20. The van der Waals surface area contributed by atoms with E-state index in [2.05, 4.69) is 41.9 Å². The van der Waals surface area contributed by atoms with Crippen LogP contribution in [0, 0.1) is 5.92 Å². The van der Waals surface area contributed by atoms with E-state index >= 15 is 0 Å². The Bertz CT molecular complexity index is 437. The van der Waals surface area contributed by atoms with Gasteiger partial charge in [0.1, 0.15) is 5.60 Å². The third kappa shape index (κ3) is 0.909. The molecule has 4 atom stereocenters. The molecule has 2 nitrogen and oxygen atoms in total. The maximum absolute atomic E-state index is 6.19. The molecule has 1 spiro atoms. The monoisotopic (exact) mass is 233 g/mol. The molecule has 1 aromatic rings. The Labute approximate surface area is 97.9 Å². The summed E-state index contributed by atoms with van der Waals surface area (Å²) in [5.41, 5.74) is 1.65. The predicted octanol–water partition coefficient (Wildman–Crippen LogP) is 2.90. The van der Waals surface area contributed by atoms with E-state index in [4.69, 9.17) is 4.52 Å². The van der Waals surface area contributed by atoms with Crippen LogP contribution in [0.3, 0.4) is 0 Å². The van der Waals surface area contributed by atoms with Gasteiger partial charge in [-0.2, -0.15) is 0 Å². The SMILES string of the molecule is C[C@]1(c2ccccc2)OPN2CCC3CC321. The van der Waals surface area contributed by atoms with Gasteiger partial charge in [-0.25, -0.2) is 0 Å². The van der Waals surface area contributed by atoms with Gasteiger partial charge >= 0.3 is 0 Å². The Morgan fingerprint density at radius 2 is 2.19 bits per heavy atom. The second kappa shape index (κ2) is 2.87. The molecule has 1 aliphatic carbocycles. The van der Waals surface area contributed by atoms with Crippen molar-refractivity contribution in [1.82, 2.24) is 4.67 Å². The Morgan fingerprint density at radius 3 is 2.94 bits per heavy atom. The highest BCUT2D eigenvalue weighted by Crippen LogP contribution is 2.73. The van der Waals surface area contributed by atoms with E-state index in [0.717, 1.165) is 5.92 Å². The lowest BCUT2D eigenvalue weighted by atomic mass is 9.85. The lowest BCUT2D eigenvalue weighted by Gasteiger charge is -2.32. The van der Waals surface area contributed by atoms with Crippen LogP contribution in [0.25, 0.3) is 0 Å². The van der Waals surface area contributed by atoms with E-state index in [1.807, 2.05) is 0 Å². The molecule has 3 unspecified atom stereocenters. The topological polar surface area (TPSA) is 12.5 Å². The molecule has 2 aliphatic heterocycles. The van der Waals surface area contributed by atoms with Crippen molar-refractivity contribution in [3.63, 3.8) is 0 Å². The van der Waals surface area contributed by atoms with Gasteiger partial charge in [0.2, 0.25) is 0 Å². The van der Waals surface area contributed by atoms with Crippen LogP contribution in [0.4, 0.5) is 0 Å². The van der Waals surface area contributed by atoms with Crippen molar-refractivity contribution in [3.8, 4) is 0 Å². The first-order valence-corrected chi connectivity index (χ1v) is 6.90. The lowest BCUT2D eigenvalue weighted by molar-refractivity contribution is 0.0692. The summed E-state index contributed by atoms with van der Waals surface area (Å²) in [6.45, 7) is 3.53. The average molecular weight is 233 g/mol. The molecule has 0 amide bonds. The molecule has 0 N–H and O–H groups in total. The quantitative estimate of drug-likeness (QED) is 0.691. The number of nitrogens with zero attached hydrogens (tertiary/aromatic N) is 1. The van der Waals surface area contributed by atoms with Gasteiger partial charge in [-0.15, -0.1) is 0 Å². The van der Waals surface area contributed by atoms with Gasteiger partial charge < -0.3 is 4.52 Å². The van der Waals surface area contributed by atoms with Gasteiger partial charge in [0, 0.05) is 6.54 Å². The number of piperidine rings is 1. The average Bonchev–Trinajstić information content (AvgIpc) is 2.85. The lowest BCUT2D eigenvalue weighted by Crippen LogP contribution is -2.41. The van der Waals surface area contributed by atoms with Gasteiger partial charge in [0.05, 0.1) is 14.5 Å². The molecule has 16 heavy (non-hydrogen) atoms. The number of rotatable bonds is 1. The van der Waals surface area contributed by atoms with E-state index in [1.54, 1.807) is 0 Å². The normalized spacial score (nSPS) is 46.9. The van der Waals surface area contributed by atoms with E-state index in [1.165, 1.54) is 24.9 Å². The van der Waals surface area contributed by atoms with Crippen LogP contribution in [0.15, 0.2) is 30.3 Å². The molecule has 0 bridgehead atoms. The third-order valence-corrected chi connectivity index (χ3v) is 6.11. The highest BCUT2D eigenvalue weighted by molar-refractivity contribution is 7.29. The minimum absolute atomic E-state index is 0.0616. The first kappa shape index (κ1) is 9.58. The number of hydrogen-bond acceptors (Lipinski definition) is 2. The first-order chi connectivity index (χ1) is 7.77. The number of benzene rings is 1. The highest BCUT2D eigenvalue weighted by atomic mass is 31.1. The maximum atomic E-state index is 6.19. The molecule has 0 radical (unpaired) electrons. The zero-order valence-corrected chi connectivity index (χ0v) is 10.4. The Morgan fingerprint density at radius 1 is 1.38 bits per heavy atom. The molecule has 1 aromatic carbocycles. The smallest absolute Gasteiger partial charge is 0.115 e. The Balaban J connectivity index is 1.83. The van der Waals surface area contributed by atoms with Gasteiger partial charge in [-0.3, -0.25) is 4.67 Å². The fourth-order valence-electron chi connectivity index (χ4n) is 3.74. The van der Waals surface area contributed by atoms with Crippen LogP contribution in [0.2, 0.25) is 0 Å². The predicted molar refractivity (Wildman–Crippen MR) is 65.4 cm³/mol. The molecule has 84 valence electrons. The molecule has 3 aliphatic rings. The number of hydrogen-bond donors (Lipinski definition) is 0. The second-order valence-corrected chi connectivity index (χ2v) is 6.28. The second-order valence-electron chi connectivity index (χ2n) is 5.36. The van der Waals surface area contributed by atoms with Gasteiger partial charge in [0.15, 0.2) is 0 Å². The highest BCUT2D eigenvalue weighted by Gasteiger charge is 2.75. The van der Waals surface area contributed by atoms with Gasteiger partial charge in [-0.1, -0.05) is 30.3 Å². The molecular weight excluding hydrogens is 217 g/mol. The zero-order chi connectivity index (χ0) is 10.8. The Hall–Kier alpha value is -0.430. The maximum Gasteiger partial charge on any atom is 0.115 e. The molecule has 4 rings (SSSR count). The molecule has 0 aromatic heterocycles. The van der Waals surface area contributed by atoms with E-state index < -0.39 is 0 Å². The fraction of sp³-hybridized carbons (Fsp3) is 0.538. The largest absolute Gasteiger partial charge is 0.333 e. The summed E-state index contributed by atoms with van der Waals surface area (Å²) in [7, 11) is 0.566. The summed E-state index contributed by atoms with van der Waals surface area (Å²) in [6.07, 6.45) is 2.71. The minimum atomic E-state index is -0.0616. The summed E-state index contributed by atoms with van der Waals surface area (Å²) in [6, 6.07) is 10.8. The van der Waals surface area contributed by atoms with E-state index in [-0.39, 0.29) is 5.60 Å². The van der Waals surface area contributed by atoms with Gasteiger partial charge in [-0.05, 0) is 31.2 Å². The summed E-state index contributed by atoms with van der Waals surface area (Å²) in [5, 5.41) is 0. The molecule has 3 heteroatoms. The molecule has 2 saturated heterocycles. The van der Waals surface area contributed by atoms with Crippen LogP contribution in [0.5, 0.6) is 0 Å². The summed E-state index contributed by atoms with van der Waals surface area (Å²) >= 11 is 0. The molecule has 2 heterocycles. The summed E-state index contributed by atoms with van der Waals surface area (Å²) < 4.78 is 8.78. The third-order valence-electron chi connectivity index (χ3n) is 4.77. The van der Waals surface area contributed by atoms with Crippen LogP contribution in [0.1, 0.15) is 25.3 Å².